The van der Waals surface area contributed by atoms with E-state index in [1.807, 2.05) is 37.3 Å². The molecule has 0 unspecified atom stereocenters. The minimum absolute atomic E-state index is 0.212. The maximum absolute atomic E-state index is 5.89. The summed E-state index contributed by atoms with van der Waals surface area (Å²) in [6.07, 6.45) is 0. The molecular formula is C15H16BrN3O. The van der Waals surface area contributed by atoms with E-state index in [9.17, 15) is 0 Å². The van der Waals surface area contributed by atoms with Gasteiger partial charge in [0.05, 0.1) is 24.3 Å². The quantitative estimate of drug-likeness (QED) is 0.937. The SMILES string of the molecule is Cc1cc(-c2ccc(Br)cc2)nc(C2(CN)COC2)n1. The predicted octanol–water partition coefficient (Wildman–Crippen LogP) is 2.44. The second kappa shape index (κ2) is 5.24. The molecule has 0 spiro atoms. The molecule has 1 aliphatic rings. The Bertz CT molecular complexity index is 618. The van der Waals surface area contributed by atoms with Crippen molar-refractivity contribution in [3.05, 3.63) is 46.3 Å². The average Bonchev–Trinajstić information content (AvgIpc) is 2.38. The van der Waals surface area contributed by atoms with Crippen molar-refractivity contribution in [1.29, 1.82) is 0 Å². The Hall–Kier alpha value is -1.30. The summed E-state index contributed by atoms with van der Waals surface area (Å²) in [7, 11) is 0. The summed E-state index contributed by atoms with van der Waals surface area (Å²) in [6, 6.07) is 10.1. The summed E-state index contributed by atoms with van der Waals surface area (Å²) in [4.78, 5) is 9.27. The van der Waals surface area contributed by atoms with Gasteiger partial charge >= 0.3 is 0 Å². The topological polar surface area (TPSA) is 61.0 Å². The van der Waals surface area contributed by atoms with Crippen LogP contribution in [0.25, 0.3) is 11.3 Å². The zero-order chi connectivity index (χ0) is 14.2. The van der Waals surface area contributed by atoms with E-state index in [1.165, 1.54) is 0 Å². The molecule has 2 N–H and O–H groups in total. The molecule has 1 aromatic carbocycles. The molecule has 2 aromatic rings. The van der Waals surface area contributed by atoms with Gasteiger partial charge in [0.15, 0.2) is 0 Å². The van der Waals surface area contributed by atoms with Crippen molar-refractivity contribution in [2.45, 2.75) is 12.3 Å². The lowest BCUT2D eigenvalue weighted by atomic mass is 9.85. The van der Waals surface area contributed by atoms with Crippen LogP contribution in [0.3, 0.4) is 0 Å². The number of rotatable bonds is 3. The molecule has 0 bridgehead atoms. The monoisotopic (exact) mass is 333 g/mol. The number of benzene rings is 1. The molecule has 1 fully saturated rings. The number of hydrogen-bond acceptors (Lipinski definition) is 4. The highest BCUT2D eigenvalue weighted by molar-refractivity contribution is 9.10. The van der Waals surface area contributed by atoms with Crippen LogP contribution in [0, 0.1) is 6.92 Å². The number of halogens is 1. The standard InChI is InChI=1S/C15H16BrN3O/c1-10-6-13(11-2-4-12(16)5-3-11)19-14(18-10)15(7-17)8-20-9-15/h2-6H,7-9,17H2,1H3. The van der Waals surface area contributed by atoms with E-state index >= 15 is 0 Å². The first-order valence-electron chi connectivity index (χ1n) is 6.53. The fourth-order valence-corrected chi connectivity index (χ4v) is 2.53. The predicted molar refractivity (Wildman–Crippen MR) is 81.5 cm³/mol. The number of aryl methyl sites for hydroxylation is 1. The second-order valence-electron chi connectivity index (χ2n) is 5.20. The number of nitrogens with two attached hydrogens (primary N) is 1. The van der Waals surface area contributed by atoms with Gasteiger partial charge in [0.2, 0.25) is 0 Å². The van der Waals surface area contributed by atoms with Gasteiger partial charge in [0, 0.05) is 22.3 Å². The molecule has 20 heavy (non-hydrogen) atoms. The van der Waals surface area contributed by atoms with E-state index in [0.717, 1.165) is 27.2 Å². The van der Waals surface area contributed by atoms with Crippen LogP contribution in [-0.4, -0.2) is 29.7 Å². The summed E-state index contributed by atoms with van der Waals surface area (Å²) in [6.45, 7) is 3.70. The Morgan fingerprint density at radius 3 is 2.50 bits per heavy atom. The minimum Gasteiger partial charge on any atom is -0.379 e. The van der Waals surface area contributed by atoms with Crippen LogP contribution in [-0.2, 0) is 10.2 Å². The van der Waals surface area contributed by atoms with E-state index in [0.29, 0.717) is 19.8 Å². The Labute approximate surface area is 126 Å². The van der Waals surface area contributed by atoms with Crippen molar-refractivity contribution >= 4 is 15.9 Å². The molecule has 3 rings (SSSR count). The van der Waals surface area contributed by atoms with Crippen LogP contribution in [0.4, 0.5) is 0 Å². The third kappa shape index (κ3) is 2.37. The largest absolute Gasteiger partial charge is 0.379 e. The zero-order valence-electron chi connectivity index (χ0n) is 11.3. The molecule has 4 nitrogen and oxygen atoms in total. The molecule has 1 aromatic heterocycles. The molecule has 0 aliphatic carbocycles. The normalized spacial score (nSPS) is 16.8. The first-order valence-corrected chi connectivity index (χ1v) is 7.32. The molecule has 0 saturated carbocycles. The van der Waals surface area contributed by atoms with Crippen molar-refractivity contribution in [3.63, 3.8) is 0 Å². The lowest BCUT2D eigenvalue weighted by Gasteiger charge is -2.39. The van der Waals surface area contributed by atoms with Crippen LogP contribution >= 0.6 is 15.9 Å². The molecule has 2 heterocycles. The minimum atomic E-state index is -0.212. The van der Waals surface area contributed by atoms with Gasteiger partial charge in [-0.1, -0.05) is 28.1 Å². The Morgan fingerprint density at radius 1 is 1.25 bits per heavy atom. The smallest absolute Gasteiger partial charge is 0.141 e. The van der Waals surface area contributed by atoms with E-state index in [1.54, 1.807) is 0 Å². The van der Waals surface area contributed by atoms with Gasteiger partial charge in [0.1, 0.15) is 5.82 Å². The Morgan fingerprint density at radius 2 is 1.95 bits per heavy atom. The summed E-state index contributed by atoms with van der Waals surface area (Å²) < 4.78 is 6.37. The lowest BCUT2D eigenvalue weighted by molar-refractivity contribution is -0.0594. The number of aromatic nitrogens is 2. The van der Waals surface area contributed by atoms with Gasteiger partial charge in [-0.2, -0.15) is 0 Å². The van der Waals surface area contributed by atoms with Crippen molar-refractivity contribution in [1.82, 2.24) is 9.97 Å². The Balaban J connectivity index is 2.04. The summed E-state index contributed by atoms with van der Waals surface area (Å²) >= 11 is 3.44. The van der Waals surface area contributed by atoms with Gasteiger partial charge in [-0.3, -0.25) is 0 Å². The number of nitrogens with zero attached hydrogens (tertiary/aromatic N) is 2. The molecule has 1 saturated heterocycles. The van der Waals surface area contributed by atoms with Crippen LogP contribution in [0.5, 0.6) is 0 Å². The molecule has 0 atom stereocenters. The van der Waals surface area contributed by atoms with E-state index in [4.69, 9.17) is 15.5 Å². The fourth-order valence-electron chi connectivity index (χ4n) is 2.26. The molecule has 104 valence electrons. The van der Waals surface area contributed by atoms with Crippen molar-refractivity contribution in [2.24, 2.45) is 5.73 Å². The second-order valence-corrected chi connectivity index (χ2v) is 6.12. The molecule has 0 amide bonds. The van der Waals surface area contributed by atoms with Gasteiger partial charge in [0.25, 0.3) is 0 Å². The summed E-state index contributed by atoms with van der Waals surface area (Å²) in [5, 5.41) is 0. The van der Waals surface area contributed by atoms with Gasteiger partial charge < -0.3 is 10.5 Å². The lowest BCUT2D eigenvalue weighted by Crippen LogP contribution is -2.53. The van der Waals surface area contributed by atoms with Gasteiger partial charge in [-0.05, 0) is 25.1 Å². The molecule has 1 aliphatic heterocycles. The number of ether oxygens (including phenoxy) is 1. The average molecular weight is 334 g/mol. The third-order valence-corrected chi connectivity index (χ3v) is 4.14. The summed E-state index contributed by atoms with van der Waals surface area (Å²) in [5.74, 6) is 0.796. The fraction of sp³-hybridized carbons (Fsp3) is 0.333. The maximum Gasteiger partial charge on any atom is 0.141 e. The first kappa shape index (κ1) is 13.7. The van der Waals surface area contributed by atoms with Crippen LogP contribution < -0.4 is 5.73 Å². The van der Waals surface area contributed by atoms with E-state index in [-0.39, 0.29) is 5.41 Å². The van der Waals surface area contributed by atoms with Crippen LogP contribution in [0.1, 0.15) is 11.5 Å². The zero-order valence-corrected chi connectivity index (χ0v) is 12.9. The van der Waals surface area contributed by atoms with E-state index < -0.39 is 0 Å². The Kier molecular flexibility index (Phi) is 3.58. The van der Waals surface area contributed by atoms with Gasteiger partial charge in [-0.25, -0.2) is 9.97 Å². The highest BCUT2D eigenvalue weighted by atomic mass is 79.9. The van der Waals surface area contributed by atoms with Crippen LogP contribution in [0.15, 0.2) is 34.8 Å². The van der Waals surface area contributed by atoms with Crippen LogP contribution in [0.2, 0.25) is 0 Å². The highest BCUT2D eigenvalue weighted by Gasteiger charge is 2.42. The van der Waals surface area contributed by atoms with E-state index in [2.05, 4.69) is 20.9 Å². The van der Waals surface area contributed by atoms with Crippen molar-refractivity contribution in [2.75, 3.05) is 19.8 Å². The molecule has 0 radical (unpaired) electrons. The third-order valence-electron chi connectivity index (χ3n) is 3.62. The summed E-state index contributed by atoms with van der Waals surface area (Å²) in [5.41, 5.74) is 8.64. The molecule has 5 heteroatoms. The first-order chi connectivity index (χ1) is 9.63. The highest BCUT2D eigenvalue weighted by Crippen LogP contribution is 2.30. The van der Waals surface area contributed by atoms with Crippen molar-refractivity contribution < 1.29 is 4.74 Å². The van der Waals surface area contributed by atoms with Crippen molar-refractivity contribution in [3.8, 4) is 11.3 Å². The van der Waals surface area contributed by atoms with Gasteiger partial charge in [-0.15, -0.1) is 0 Å². The maximum atomic E-state index is 5.89. The molecular weight excluding hydrogens is 318 g/mol. The number of hydrogen-bond donors (Lipinski definition) is 1.